The minimum Gasteiger partial charge on any atom is -0.497 e. The zero-order valence-electron chi connectivity index (χ0n) is 15.9. The first kappa shape index (κ1) is 18.2. The molecule has 28 heavy (non-hydrogen) atoms. The molecule has 0 saturated heterocycles. The largest absolute Gasteiger partial charge is 0.497 e. The van der Waals surface area contributed by atoms with Gasteiger partial charge in [-0.2, -0.15) is 0 Å². The number of anilines is 1. The fourth-order valence-electron chi connectivity index (χ4n) is 3.78. The molecule has 1 heterocycles. The van der Waals surface area contributed by atoms with Gasteiger partial charge in [-0.25, -0.2) is 0 Å². The number of carbonyl (C=O) groups is 2. The summed E-state index contributed by atoms with van der Waals surface area (Å²) in [5, 5.41) is 2.90. The number of benzene rings is 2. The van der Waals surface area contributed by atoms with Gasteiger partial charge in [0.25, 0.3) is 0 Å². The van der Waals surface area contributed by atoms with E-state index < -0.39 is 0 Å². The standard InChI is InChI=1S/C22H23N3O3/c1-28-16-11-9-15(10-12-16)13-23-21(26)14-25-20-8-3-2-6-19(20)24-18-7-4-5-17(18)22(25)27/h2-3,6,8-12,17H,4-5,7,13-14H2,1H3,(H,23,26)/t17-/m1/s1. The number of carbonyl (C=O) groups excluding carboxylic acids is 2. The van der Waals surface area contributed by atoms with Gasteiger partial charge in [0.05, 0.1) is 24.4 Å². The molecule has 4 rings (SSSR count). The molecular formula is C22H23N3O3. The van der Waals surface area contributed by atoms with E-state index in [-0.39, 0.29) is 24.3 Å². The second-order valence-corrected chi connectivity index (χ2v) is 7.09. The quantitative estimate of drug-likeness (QED) is 0.870. The summed E-state index contributed by atoms with van der Waals surface area (Å²) < 4.78 is 5.14. The molecule has 1 N–H and O–H groups in total. The Morgan fingerprint density at radius 1 is 1.21 bits per heavy atom. The van der Waals surface area contributed by atoms with Crippen LogP contribution in [-0.2, 0) is 16.1 Å². The van der Waals surface area contributed by atoms with E-state index in [9.17, 15) is 9.59 Å². The Hall–Kier alpha value is -3.15. The second kappa shape index (κ2) is 7.84. The van der Waals surface area contributed by atoms with Gasteiger partial charge in [0.15, 0.2) is 0 Å². The van der Waals surface area contributed by atoms with E-state index in [1.807, 2.05) is 48.5 Å². The van der Waals surface area contributed by atoms with E-state index in [4.69, 9.17) is 9.73 Å². The van der Waals surface area contributed by atoms with Crippen LogP contribution < -0.4 is 15.0 Å². The molecule has 1 atom stereocenters. The summed E-state index contributed by atoms with van der Waals surface area (Å²) >= 11 is 0. The third kappa shape index (κ3) is 3.63. The van der Waals surface area contributed by atoms with Crippen LogP contribution in [0.1, 0.15) is 24.8 Å². The first-order valence-corrected chi connectivity index (χ1v) is 9.53. The Labute approximate surface area is 164 Å². The molecule has 2 aromatic rings. The average molecular weight is 377 g/mol. The molecular weight excluding hydrogens is 354 g/mol. The number of fused-ring (bicyclic) bond motifs is 2. The van der Waals surface area contributed by atoms with E-state index in [2.05, 4.69) is 5.32 Å². The van der Waals surface area contributed by atoms with Gasteiger partial charge in [-0.05, 0) is 49.1 Å². The highest BCUT2D eigenvalue weighted by molar-refractivity contribution is 6.16. The number of aliphatic imine (C=N–C) groups is 1. The van der Waals surface area contributed by atoms with Crippen molar-refractivity contribution in [1.29, 1.82) is 0 Å². The van der Waals surface area contributed by atoms with Crippen molar-refractivity contribution in [3.8, 4) is 5.75 Å². The highest BCUT2D eigenvalue weighted by atomic mass is 16.5. The number of nitrogens with zero attached hydrogens (tertiary/aromatic N) is 2. The number of hydrogen-bond acceptors (Lipinski definition) is 4. The third-order valence-corrected chi connectivity index (χ3v) is 5.28. The topological polar surface area (TPSA) is 71.0 Å². The first-order chi connectivity index (χ1) is 13.7. The van der Waals surface area contributed by atoms with Crippen LogP contribution in [0.15, 0.2) is 53.5 Å². The molecule has 0 unspecified atom stereocenters. The van der Waals surface area contributed by atoms with Crippen LogP contribution in [0.3, 0.4) is 0 Å². The summed E-state index contributed by atoms with van der Waals surface area (Å²) in [7, 11) is 1.62. The Balaban J connectivity index is 1.48. The van der Waals surface area contributed by atoms with Crippen molar-refractivity contribution in [2.24, 2.45) is 10.9 Å². The van der Waals surface area contributed by atoms with E-state index in [1.54, 1.807) is 12.0 Å². The molecule has 0 radical (unpaired) electrons. The number of amides is 2. The predicted octanol–water partition coefficient (Wildman–Crippen LogP) is 3.23. The highest BCUT2D eigenvalue weighted by Crippen LogP contribution is 2.37. The van der Waals surface area contributed by atoms with E-state index >= 15 is 0 Å². The lowest BCUT2D eigenvalue weighted by Gasteiger charge is -2.24. The maximum Gasteiger partial charge on any atom is 0.240 e. The zero-order chi connectivity index (χ0) is 19.5. The van der Waals surface area contributed by atoms with Gasteiger partial charge < -0.3 is 15.0 Å². The van der Waals surface area contributed by atoms with Gasteiger partial charge in [0.1, 0.15) is 12.3 Å². The van der Waals surface area contributed by atoms with E-state index in [1.165, 1.54) is 0 Å². The van der Waals surface area contributed by atoms with Gasteiger partial charge in [0.2, 0.25) is 11.8 Å². The van der Waals surface area contributed by atoms with Crippen molar-refractivity contribution in [2.75, 3.05) is 18.6 Å². The van der Waals surface area contributed by atoms with Crippen molar-refractivity contribution in [1.82, 2.24) is 5.32 Å². The van der Waals surface area contributed by atoms with Crippen LogP contribution in [0.4, 0.5) is 11.4 Å². The first-order valence-electron chi connectivity index (χ1n) is 9.53. The average Bonchev–Trinajstić information content (AvgIpc) is 3.15. The molecule has 1 fully saturated rings. The molecule has 2 amide bonds. The number of methoxy groups -OCH3 is 1. The molecule has 1 saturated carbocycles. The van der Waals surface area contributed by atoms with Crippen LogP contribution in [-0.4, -0.2) is 31.2 Å². The summed E-state index contributed by atoms with van der Waals surface area (Å²) in [6, 6.07) is 15.1. The molecule has 144 valence electrons. The van der Waals surface area contributed by atoms with Crippen molar-refractivity contribution >= 4 is 28.9 Å². The summed E-state index contributed by atoms with van der Waals surface area (Å²) in [6.45, 7) is 0.392. The third-order valence-electron chi connectivity index (χ3n) is 5.28. The smallest absolute Gasteiger partial charge is 0.240 e. The van der Waals surface area contributed by atoms with Crippen LogP contribution >= 0.6 is 0 Å². The van der Waals surface area contributed by atoms with Crippen LogP contribution in [0.5, 0.6) is 5.75 Å². The number of ether oxygens (including phenoxy) is 1. The van der Waals surface area contributed by atoms with Crippen molar-refractivity contribution < 1.29 is 14.3 Å². The van der Waals surface area contributed by atoms with Crippen LogP contribution in [0.25, 0.3) is 0 Å². The van der Waals surface area contributed by atoms with Gasteiger partial charge in [-0.1, -0.05) is 24.3 Å². The number of nitrogens with one attached hydrogen (secondary N) is 1. The monoisotopic (exact) mass is 377 g/mol. The highest BCUT2D eigenvalue weighted by Gasteiger charge is 2.36. The van der Waals surface area contributed by atoms with Crippen LogP contribution in [0.2, 0.25) is 0 Å². The maximum absolute atomic E-state index is 13.1. The molecule has 6 nitrogen and oxygen atoms in total. The molecule has 1 aliphatic carbocycles. The molecule has 6 heteroatoms. The van der Waals surface area contributed by atoms with Gasteiger partial charge in [0, 0.05) is 12.3 Å². The van der Waals surface area contributed by atoms with E-state index in [0.29, 0.717) is 12.2 Å². The van der Waals surface area contributed by atoms with E-state index in [0.717, 1.165) is 42.0 Å². The summed E-state index contributed by atoms with van der Waals surface area (Å²) in [4.78, 5) is 32.0. The normalized spacial score (nSPS) is 18.0. The second-order valence-electron chi connectivity index (χ2n) is 7.09. The molecule has 0 bridgehead atoms. The summed E-state index contributed by atoms with van der Waals surface area (Å²) in [5.41, 5.74) is 3.38. The molecule has 0 aromatic heterocycles. The lowest BCUT2D eigenvalue weighted by atomic mass is 10.1. The molecule has 2 aromatic carbocycles. The Morgan fingerprint density at radius 2 is 2.00 bits per heavy atom. The van der Waals surface area contributed by atoms with Crippen LogP contribution in [0, 0.1) is 5.92 Å². The maximum atomic E-state index is 13.1. The SMILES string of the molecule is COc1ccc(CNC(=O)CN2C(=O)[C@@H]3CCCC3=Nc3ccccc32)cc1. The van der Waals surface area contributed by atoms with Gasteiger partial charge >= 0.3 is 0 Å². The fourth-order valence-corrected chi connectivity index (χ4v) is 3.78. The number of rotatable bonds is 5. The van der Waals surface area contributed by atoms with Gasteiger partial charge in [-0.15, -0.1) is 0 Å². The Bertz CT molecular complexity index is 921. The van der Waals surface area contributed by atoms with Crippen molar-refractivity contribution in [2.45, 2.75) is 25.8 Å². The van der Waals surface area contributed by atoms with Gasteiger partial charge in [-0.3, -0.25) is 14.6 Å². The minimum absolute atomic E-state index is 0.00863. The number of hydrogen-bond donors (Lipinski definition) is 1. The fraction of sp³-hybridized carbons (Fsp3) is 0.318. The minimum atomic E-state index is -0.207. The Kier molecular flexibility index (Phi) is 5.10. The lowest BCUT2D eigenvalue weighted by Crippen LogP contribution is -2.43. The Morgan fingerprint density at radius 3 is 2.79 bits per heavy atom. The summed E-state index contributed by atoms with van der Waals surface area (Å²) in [5.74, 6) is 0.345. The predicted molar refractivity (Wildman–Crippen MR) is 108 cm³/mol. The van der Waals surface area contributed by atoms with Crippen molar-refractivity contribution in [3.63, 3.8) is 0 Å². The van der Waals surface area contributed by atoms with Crippen molar-refractivity contribution in [3.05, 3.63) is 54.1 Å². The summed E-state index contributed by atoms with van der Waals surface area (Å²) in [6.07, 6.45) is 2.62. The number of para-hydroxylation sites is 2. The zero-order valence-corrected chi connectivity index (χ0v) is 15.9. The molecule has 1 aliphatic heterocycles. The lowest BCUT2D eigenvalue weighted by molar-refractivity contribution is -0.124. The molecule has 2 aliphatic rings. The molecule has 0 spiro atoms.